The maximum Gasteiger partial charge on any atom is 0.244 e. The smallest absolute Gasteiger partial charge is 0.244 e. The molecule has 0 aliphatic heterocycles. The molecule has 3 aromatic rings. The number of rotatable bonds is 9. The Morgan fingerprint density at radius 1 is 1.00 bits per heavy atom. The molecule has 0 bridgehead atoms. The van der Waals surface area contributed by atoms with Crippen LogP contribution >= 0.6 is 11.6 Å². The second-order valence-electron chi connectivity index (χ2n) is 5.56. The number of methoxy groups -OCH3 is 1. The van der Waals surface area contributed by atoms with Crippen molar-refractivity contribution in [3.05, 3.63) is 65.3 Å². The molecule has 0 saturated heterocycles. The Balaban J connectivity index is 1.45. The first-order chi connectivity index (χ1) is 13.2. The number of halogens is 1. The van der Waals surface area contributed by atoms with Crippen molar-refractivity contribution >= 4 is 23.4 Å². The summed E-state index contributed by atoms with van der Waals surface area (Å²) in [4.78, 5) is 4.37. The molecule has 0 radical (unpaired) electrons. The van der Waals surface area contributed by atoms with Crippen LogP contribution in [0.5, 0.6) is 11.5 Å². The number of benzene rings is 2. The van der Waals surface area contributed by atoms with Gasteiger partial charge in [-0.05, 0) is 35.9 Å². The Hall–Kier alpha value is -3.06. The Labute approximate surface area is 162 Å². The zero-order valence-corrected chi connectivity index (χ0v) is 15.6. The van der Waals surface area contributed by atoms with E-state index in [-0.39, 0.29) is 0 Å². The largest absolute Gasteiger partial charge is 0.497 e. The molecule has 2 aromatic carbocycles. The number of nitrogens with one attached hydrogen (secondary N) is 2. The SMILES string of the molecule is COc1ccc(OCCNc2cnnc(NCc3ccccc3Cl)n2)cc1. The van der Waals surface area contributed by atoms with E-state index in [1.165, 1.54) is 0 Å². The van der Waals surface area contributed by atoms with Gasteiger partial charge in [0.1, 0.15) is 18.1 Å². The average molecular weight is 386 g/mol. The van der Waals surface area contributed by atoms with Gasteiger partial charge in [-0.2, -0.15) is 10.1 Å². The maximum absolute atomic E-state index is 6.14. The number of aromatic nitrogens is 3. The van der Waals surface area contributed by atoms with Crippen molar-refractivity contribution in [2.75, 3.05) is 30.9 Å². The van der Waals surface area contributed by atoms with Crippen LogP contribution in [0.3, 0.4) is 0 Å². The van der Waals surface area contributed by atoms with E-state index in [1.54, 1.807) is 13.3 Å². The van der Waals surface area contributed by atoms with Crippen molar-refractivity contribution < 1.29 is 9.47 Å². The average Bonchev–Trinajstić information content (AvgIpc) is 2.71. The Morgan fingerprint density at radius 2 is 1.78 bits per heavy atom. The highest BCUT2D eigenvalue weighted by Crippen LogP contribution is 2.17. The summed E-state index contributed by atoms with van der Waals surface area (Å²) in [6.45, 7) is 1.58. The minimum Gasteiger partial charge on any atom is -0.497 e. The zero-order valence-electron chi connectivity index (χ0n) is 14.9. The fourth-order valence-electron chi connectivity index (χ4n) is 2.30. The molecule has 140 valence electrons. The van der Waals surface area contributed by atoms with E-state index in [4.69, 9.17) is 21.1 Å². The molecule has 0 aliphatic carbocycles. The number of hydrogen-bond acceptors (Lipinski definition) is 7. The lowest BCUT2D eigenvalue weighted by Gasteiger charge is -2.10. The Bertz CT molecular complexity index is 861. The van der Waals surface area contributed by atoms with E-state index in [1.807, 2.05) is 48.5 Å². The maximum atomic E-state index is 6.14. The number of anilines is 2. The lowest BCUT2D eigenvalue weighted by molar-refractivity contribution is 0.331. The highest BCUT2D eigenvalue weighted by molar-refractivity contribution is 6.31. The molecule has 0 aliphatic rings. The predicted molar refractivity (Wildman–Crippen MR) is 106 cm³/mol. The molecule has 0 unspecified atom stereocenters. The van der Waals surface area contributed by atoms with Gasteiger partial charge in [-0.25, -0.2) is 0 Å². The van der Waals surface area contributed by atoms with Crippen LogP contribution in [0.4, 0.5) is 11.8 Å². The molecule has 1 aromatic heterocycles. The number of nitrogens with zero attached hydrogens (tertiary/aromatic N) is 3. The summed E-state index contributed by atoms with van der Waals surface area (Å²) in [5, 5.41) is 14.9. The van der Waals surface area contributed by atoms with Gasteiger partial charge >= 0.3 is 0 Å². The molecular weight excluding hydrogens is 366 g/mol. The van der Waals surface area contributed by atoms with Gasteiger partial charge in [0.15, 0.2) is 5.82 Å². The van der Waals surface area contributed by atoms with Crippen LogP contribution in [0.1, 0.15) is 5.56 Å². The normalized spacial score (nSPS) is 10.3. The van der Waals surface area contributed by atoms with Crippen LogP contribution in [0.2, 0.25) is 5.02 Å². The minimum atomic E-state index is 0.427. The van der Waals surface area contributed by atoms with Crippen LogP contribution < -0.4 is 20.1 Å². The van der Waals surface area contributed by atoms with E-state index < -0.39 is 0 Å². The van der Waals surface area contributed by atoms with Crippen LogP contribution in [0.25, 0.3) is 0 Å². The molecule has 7 nitrogen and oxygen atoms in total. The lowest BCUT2D eigenvalue weighted by atomic mass is 10.2. The van der Waals surface area contributed by atoms with Crippen molar-refractivity contribution in [1.29, 1.82) is 0 Å². The first-order valence-corrected chi connectivity index (χ1v) is 8.80. The summed E-state index contributed by atoms with van der Waals surface area (Å²) in [5.74, 6) is 2.62. The second-order valence-corrected chi connectivity index (χ2v) is 5.97. The summed E-state index contributed by atoms with van der Waals surface area (Å²) in [6.07, 6.45) is 1.56. The molecule has 3 rings (SSSR count). The molecule has 8 heteroatoms. The fraction of sp³-hybridized carbons (Fsp3) is 0.211. The molecule has 0 fully saturated rings. The van der Waals surface area contributed by atoms with E-state index in [9.17, 15) is 0 Å². The van der Waals surface area contributed by atoms with Crippen molar-refractivity contribution in [3.8, 4) is 11.5 Å². The summed E-state index contributed by atoms with van der Waals surface area (Å²) >= 11 is 6.14. The van der Waals surface area contributed by atoms with E-state index >= 15 is 0 Å². The van der Waals surface area contributed by atoms with Crippen molar-refractivity contribution in [1.82, 2.24) is 15.2 Å². The van der Waals surface area contributed by atoms with Crippen molar-refractivity contribution in [2.45, 2.75) is 6.54 Å². The first kappa shape index (κ1) is 18.7. The van der Waals surface area contributed by atoms with Crippen LogP contribution in [0, 0.1) is 0 Å². The van der Waals surface area contributed by atoms with Gasteiger partial charge in [0.05, 0.1) is 19.9 Å². The van der Waals surface area contributed by atoms with Gasteiger partial charge in [0, 0.05) is 11.6 Å². The van der Waals surface area contributed by atoms with Gasteiger partial charge in [-0.1, -0.05) is 29.8 Å². The van der Waals surface area contributed by atoms with Crippen molar-refractivity contribution in [3.63, 3.8) is 0 Å². The molecule has 0 atom stereocenters. The quantitative estimate of drug-likeness (QED) is 0.544. The van der Waals surface area contributed by atoms with Gasteiger partial charge in [-0.15, -0.1) is 5.10 Å². The first-order valence-electron chi connectivity index (χ1n) is 8.42. The third-order valence-electron chi connectivity index (χ3n) is 3.69. The number of hydrogen-bond donors (Lipinski definition) is 2. The van der Waals surface area contributed by atoms with Gasteiger partial charge < -0.3 is 20.1 Å². The fourth-order valence-corrected chi connectivity index (χ4v) is 2.50. The van der Waals surface area contributed by atoms with E-state index in [0.717, 1.165) is 17.1 Å². The Kier molecular flexibility index (Phi) is 6.65. The topological polar surface area (TPSA) is 81.2 Å². The molecule has 0 amide bonds. The monoisotopic (exact) mass is 385 g/mol. The molecule has 1 heterocycles. The minimum absolute atomic E-state index is 0.427. The summed E-state index contributed by atoms with van der Waals surface area (Å²) < 4.78 is 10.8. The van der Waals surface area contributed by atoms with Gasteiger partial charge in [-0.3, -0.25) is 0 Å². The second kappa shape index (κ2) is 9.59. The highest BCUT2D eigenvalue weighted by Gasteiger charge is 2.03. The summed E-state index contributed by atoms with van der Waals surface area (Å²) in [6, 6.07) is 15.1. The summed E-state index contributed by atoms with van der Waals surface area (Å²) in [5.41, 5.74) is 0.967. The number of ether oxygens (including phenoxy) is 2. The molecule has 0 spiro atoms. The molecule has 27 heavy (non-hydrogen) atoms. The van der Waals surface area contributed by atoms with E-state index in [0.29, 0.717) is 36.5 Å². The highest BCUT2D eigenvalue weighted by atomic mass is 35.5. The Morgan fingerprint density at radius 3 is 2.56 bits per heavy atom. The molecule has 0 saturated carbocycles. The molecular formula is C19H20ClN5O2. The third kappa shape index (κ3) is 5.72. The van der Waals surface area contributed by atoms with Crippen LogP contribution in [-0.4, -0.2) is 35.4 Å². The van der Waals surface area contributed by atoms with Crippen LogP contribution in [0.15, 0.2) is 54.7 Å². The predicted octanol–water partition coefficient (Wildman–Crippen LogP) is 3.64. The van der Waals surface area contributed by atoms with Crippen LogP contribution in [-0.2, 0) is 6.54 Å². The third-order valence-corrected chi connectivity index (χ3v) is 4.06. The molecule has 2 N–H and O–H groups in total. The van der Waals surface area contributed by atoms with Gasteiger partial charge in [0.2, 0.25) is 5.95 Å². The standard InChI is InChI=1S/C19H20ClN5O2/c1-26-15-6-8-16(9-7-15)27-11-10-21-18-13-23-25-19(24-18)22-12-14-4-2-3-5-17(14)20/h2-9,13H,10-12H2,1H3,(H2,21,22,24,25). The van der Waals surface area contributed by atoms with Gasteiger partial charge in [0.25, 0.3) is 0 Å². The summed E-state index contributed by atoms with van der Waals surface area (Å²) in [7, 11) is 1.63. The van der Waals surface area contributed by atoms with Crippen molar-refractivity contribution in [2.24, 2.45) is 0 Å². The van der Waals surface area contributed by atoms with E-state index in [2.05, 4.69) is 25.8 Å². The zero-order chi connectivity index (χ0) is 18.9. The lowest BCUT2D eigenvalue weighted by Crippen LogP contribution is -2.14.